The van der Waals surface area contributed by atoms with Gasteiger partial charge in [0.1, 0.15) is 0 Å². The summed E-state index contributed by atoms with van der Waals surface area (Å²) in [7, 11) is 0. The normalized spacial score (nSPS) is 26.7. The van der Waals surface area contributed by atoms with Crippen molar-refractivity contribution in [2.75, 3.05) is 0 Å². The highest BCUT2D eigenvalue weighted by atomic mass is 13.9. The molecule has 0 nitrogen and oxygen atoms in total. The van der Waals surface area contributed by atoms with Gasteiger partial charge in [0.25, 0.3) is 0 Å². The Balaban J connectivity index is 2.42. The minimum absolute atomic E-state index is 1.06. The first-order chi connectivity index (χ1) is 6.00. The fourth-order valence-corrected chi connectivity index (χ4v) is 1.11. The highest BCUT2D eigenvalue weighted by molar-refractivity contribution is 5.12. The van der Waals surface area contributed by atoms with E-state index in [1.807, 2.05) is 0 Å². The molecule has 0 heteroatoms. The van der Waals surface area contributed by atoms with Crippen LogP contribution >= 0.6 is 0 Å². The maximum Gasteiger partial charge on any atom is -0.0166 e. The zero-order valence-corrected chi connectivity index (χ0v) is 7.45. The van der Waals surface area contributed by atoms with E-state index in [1.165, 1.54) is 19.3 Å². The number of hydrogen-bond acceptors (Lipinski definition) is 0. The molecule has 0 radical (unpaired) electrons. The van der Waals surface area contributed by atoms with Gasteiger partial charge in [-0.2, -0.15) is 0 Å². The van der Waals surface area contributed by atoms with E-state index < -0.39 is 0 Å². The van der Waals surface area contributed by atoms with Gasteiger partial charge in [-0.05, 0) is 25.7 Å². The molecule has 1 aliphatic carbocycles. The molecule has 0 unspecified atom stereocenters. The Morgan fingerprint density at radius 2 is 1.33 bits per heavy atom. The minimum atomic E-state index is 1.06. The van der Waals surface area contributed by atoms with Crippen LogP contribution in [0, 0.1) is 0 Å². The van der Waals surface area contributed by atoms with Gasteiger partial charge in [-0.3, -0.25) is 0 Å². The fourth-order valence-electron chi connectivity index (χ4n) is 1.11. The van der Waals surface area contributed by atoms with Crippen LogP contribution in [0.15, 0.2) is 48.6 Å². The highest BCUT2D eigenvalue weighted by Crippen LogP contribution is 2.00. The van der Waals surface area contributed by atoms with Crippen molar-refractivity contribution < 1.29 is 0 Å². The molecule has 0 fully saturated rings. The molecule has 0 atom stereocenters. The van der Waals surface area contributed by atoms with E-state index in [-0.39, 0.29) is 0 Å². The van der Waals surface area contributed by atoms with Gasteiger partial charge in [-0.15, -0.1) is 0 Å². The van der Waals surface area contributed by atoms with Gasteiger partial charge in [0.15, 0.2) is 0 Å². The largest absolute Gasteiger partial charge is 0.0882 e. The van der Waals surface area contributed by atoms with Crippen LogP contribution in [0.1, 0.15) is 25.7 Å². The number of rotatable bonds is 0. The van der Waals surface area contributed by atoms with E-state index in [1.54, 1.807) is 0 Å². The molecule has 0 aromatic rings. The van der Waals surface area contributed by atoms with Crippen LogP contribution in [0.2, 0.25) is 0 Å². The summed E-state index contributed by atoms with van der Waals surface area (Å²) in [5, 5.41) is 0. The van der Waals surface area contributed by atoms with E-state index >= 15 is 0 Å². The Hall–Kier alpha value is -1.04. The summed E-state index contributed by atoms with van der Waals surface area (Å²) in [4.78, 5) is 0. The molecule has 0 spiro atoms. The van der Waals surface area contributed by atoms with E-state index in [0.717, 1.165) is 6.42 Å². The monoisotopic (exact) mass is 160 g/mol. The SMILES string of the molecule is C1=CC/C=C/CCC/C=C/C=C\1. The summed E-state index contributed by atoms with van der Waals surface area (Å²) < 4.78 is 0. The van der Waals surface area contributed by atoms with E-state index in [4.69, 9.17) is 0 Å². The molecule has 0 aromatic heterocycles. The smallest absolute Gasteiger partial charge is 0.0166 e. The summed E-state index contributed by atoms with van der Waals surface area (Å²) in [6.45, 7) is 0. The van der Waals surface area contributed by atoms with Crippen molar-refractivity contribution >= 4 is 0 Å². The third-order valence-electron chi connectivity index (χ3n) is 1.79. The molecule has 0 N–H and O–H groups in total. The Labute approximate surface area is 75.0 Å². The first-order valence-electron chi connectivity index (χ1n) is 4.63. The maximum absolute atomic E-state index is 2.27. The Morgan fingerprint density at radius 3 is 2.25 bits per heavy atom. The standard InChI is InChI=1S/C12H16/c1-2-4-6-8-10-12-11-9-7-5-3-1/h1-6,9,11H,7-8,10,12H2/b2-1-,5-3?,6-4+,11-9+. The Kier molecular flexibility index (Phi) is 5.02. The first-order valence-corrected chi connectivity index (χ1v) is 4.63. The van der Waals surface area contributed by atoms with Gasteiger partial charge in [-0.25, -0.2) is 0 Å². The molecule has 0 aliphatic heterocycles. The van der Waals surface area contributed by atoms with Crippen LogP contribution in [0.25, 0.3) is 0 Å². The lowest BCUT2D eigenvalue weighted by Crippen LogP contribution is -1.69. The van der Waals surface area contributed by atoms with Crippen molar-refractivity contribution in [1.82, 2.24) is 0 Å². The quantitative estimate of drug-likeness (QED) is 0.473. The topological polar surface area (TPSA) is 0 Å². The molecule has 0 saturated heterocycles. The van der Waals surface area contributed by atoms with E-state index in [0.29, 0.717) is 0 Å². The van der Waals surface area contributed by atoms with Crippen LogP contribution in [0.3, 0.4) is 0 Å². The molecule has 0 heterocycles. The van der Waals surface area contributed by atoms with E-state index in [2.05, 4.69) is 48.6 Å². The van der Waals surface area contributed by atoms with Crippen molar-refractivity contribution in [1.29, 1.82) is 0 Å². The zero-order valence-electron chi connectivity index (χ0n) is 7.45. The second-order valence-corrected chi connectivity index (χ2v) is 2.88. The molecule has 0 saturated carbocycles. The molecule has 1 rings (SSSR count). The van der Waals surface area contributed by atoms with Crippen molar-refractivity contribution in [3.8, 4) is 0 Å². The first kappa shape index (κ1) is 9.05. The van der Waals surface area contributed by atoms with Gasteiger partial charge in [0.2, 0.25) is 0 Å². The summed E-state index contributed by atoms with van der Waals surface area (Å²) in [5.41, 5.74) is 0. The average Bonchev–Trinajstić information content (AvgIpc) is 2.05. The van der Waals surface area contributed by atoms with E-state index in [9.17, 15) is 0 Å². The second kappa shape index (κ2) is 6.66. The lowest BCUT2D eigenvalue weighted by molar-refractivity contribution is 0.866. The number of hydrogen-bond donors (Lipinski definition) is 0. The van der Waals surface area contributed by atoms with Crippen LogP contribution in [0.4, 0.5) is 0 Å². The summed E-state index contributed by atoms with van der Waals surface area (Å²) in [6.07, 6.45) is 22.0. The van der Waals surface area contributed by atoms with Crippen LogP contribution in [0.5, 0.6) is 0 Å². The predicted octanol–water partition coefficient (Wildman–Crippen LogP) is 3.79. The second-order valence-electron chi connectivity index (χ2n) is 2.88. The molecular weight excluding hydrogens is 144 g/mol. The van der Waals surface area contributed by atoms with Crippen LogP contribution in [-0.4, -0.2) is 0 Å². The van der Waals surface area contributed by atoms with Crippen LogP contribution in [-0.2, 0) is 0 Å². The third-order valence-corrected chi connectivity index (χ3v) is 1.79. The molecule has 64 valence electrons. The van der Waals surface area contributed by atoms with Crippen molar-refractivity contribution in [2.45, 2.75) is 25.7 Å². The van der Waals surface area contributed by atoms with Crippen molar-refractivity contribution in [3.05, 3.63) is 48.6 Å². The summed E-state index contributed by atoms with van der Waals surface area (Å²) in [6, 6.07) is 0. The van der Waals surface area contributed by atoms with Crippen molar-refractivity contribution in [3.63, 3.8) is 0 Å². The van der Waals surface area contributed by atoms with Gasteiger partial charge in [-0.1, -0.05) is 48.6 Å². The maximum atomic E-state index is 2.27. The molecule has 0 amide bonds. The summed E-state index contributed by atoms with van der Waals surface area (Å²) >= 11 is 0. The lowest BCUT2D eigenvalue weighted by Gasteiger charge is -1.90. The van der Waals surface area contributed by atoms with Gasteiger partial charge < -0.3 is 0 Å². The Morgan fingerprint density at radius 1 is 0.583 bits per heavy atom. The average molecular weight is 160 g/mol. The minimum Gasteiger partial charge on any atom is -0.0882 e. The van der Waals surface area contributed by atoms with Gasteiger partial charge in [0, 0.05) is 0 Å². The van der Waals surface area contributed by atoms with Gasteiger partial charge >= 0.3 is 0 Å². The zero-order chi connectivity index (χ0) is 8.49. The molecular formula is C12H16. The highest BCUT2D eigenvalue weighted by Gasteiger charge is 1.80. The lowest BCUT2D eigenvalue weighted by atomic mass is 10.2. The predicted molar refractivity (Wildman–Crippen MR) is 55.0 cm³/mol. The molecule has 0 bridgehead atoms. The molecule has 0 aromatic carbocycles. The van der Waals surface area contributed by atoms with Crippen molar-refractivity contribution in [2.24, 2.45) is 0 Å². The fraction of sp³-hybridized carbons (Fsp3) is 0.333. The van der Waals surface area contributed by atoms with Gasteiger partial charge in [0.05, 0.1) is 0 Å². The Bertz CT molecular complexity index is 204. The van der Waals surface area contributed by atoms with Crippen LogP contribution < -0.4 is 0 Å². The molecule has 1 aliphatic rings. The summed E-state index contributed by atoms with van der Waals surface area (Å²) in [5.74, 6) is 0. The number of allylic oxidation sites excluding steroid dienone is 8. The third kappa shape index (κ3) is 4.73. The molecule has 12 heavy (non-hydrogen) atoms.